The number of carbonyl (C=O) groups excluding carboxylic acids is 1. The molecular formula is C19H19N5O4S2. The van der Waals surface area contributed by atoms with Crippen LogP contribution in [0.15, 0.2) is 40.7 Å². The second kappa shape index (κ2) is 9.55. The molecule has 0 saturated carbocycles. The summed E-state index contributed by atoms with van der Waals surface area (Å²) in [7, 11) is 1.42. The summed E-state index contributed by atoms with van der Waals surface area (Å²) in [5.74, 6) is 0.000398. The number of benzene rings is 2. The maximum absolute atomic E-state index is 12.2. The van der Waals surface area contributed by atoms with Gasteiger partial charge in [0, 0.05) is 5.69 Å². The summed E-state index contributed by atoms with van der Waals surface area (Å²) >= 11 is 2.53. The molecule has 30 heavy (non-hydrogen) atoms. The Hall–Kier alpha value is -3.18. The molecule has 1 heterocycles. The average Bonchev–Trinajstić information content (AvgIpc) is 3.16. The van der Waals surface area contributed by atoms with Gasteiger partial charge >= 0.3 is 0 Å². The standard InChI is InChI=1S/C19H19N5O4S2/c1-11-4-5-13(8-12(11)2)20-18-22-23-19(30-18)29-10-17(25)21-15-7-6-14(28-3)9-16(15)24(26)27/h4-9H,10H2,1-3H3,(H,20,22)(H,21,25). The summed E-state index contributed by atoms with van der Waals surface area (Å²) in [6.45, 7) is 4.08. The van der Waals surface area contributed by atoms with E-state index in [0.717, 1.165) is 5.69 Å². The first-order valence-electron chi connectivity index (χ1n) is 8.78. The van der Waals surface area contributed by atoms with Gasteiger partial charge in [-0.15, -0.1) is 10.2 Å². The maximum atomic E-state index is 12.2. The van der Waals surface area contributed by atoms with Gasteiger partial charge in [-0.3, -0.25) is 14.9 Å². The molecule has 0 spiro atoms. The van der Waals surface area contributed by atoms with E-state index < -0.39 is 4.92 Å². The van der Waals surface area contributed by atoms with Gasteiger partial charge in [-0.1, -0.05) is 29.2 Å². The lowest BCUT2D eigenvalue weighted by atomic mass is 10.1. The largest absolute Gasteiger partial charge is 0.496 e. The number of methoxy groups -OCH3 is 1. The van der Waals surface area contributed by atoms with E-state index in [4.69, 9.17) is 4.74 Å². The van der Waals surface area contributed by atoms with E-state index in [-0.39, 0.29) is 23.0 Å². The van der Waals surface area contributed by atoms with E-state index in [1.165, 1.54) is 53.5 Å². The lowest BCUT2D eigenvalue weighted by Gasteiger charge is -2.07. The van der Waals surface area contributed by atoms with Crippen LogP contribution in [0.4, 0.5) is 22.2 Å². The number of hydrogen-bond donors (Lipinski definition) is 2. The summed E-state index contributed by atoms with van der Waals surface area (Å²) in [4.78, 5) is 22.9. The number of aryl methyl sites for hydroxylation is 2. The number of carbonyl (C=O) groups is 1. The molecule has 0 unspecified atom stereocenters. The first kappa shape index (κ1) is 21.5. The molecule has 0 fully saturated rings. The monoisotopic (exact) mass is 445 g/mol. The maximum Gasteiger partial charge on any atom is 0.296 e. The highest BCUT2D eigenvalue weighted by atomic mass is 32.2. The predicted molar refractivity (Wildman–Crippen MR) is 118 cm³/mol. The van der Waals surface area contributed by atoms with Crippen LogP contribution in [0.25, 0.3) is 0 Å². The molecule has 0 saturated heterocycles. The summed E-state index contributed by atoms with van der Waals surface area (Å²) < 4.78 is 5.60. The topological polar surface area (TPSA) is 119 Å². The van der Waals surface area contributed by atoms with Gasteiger partial charge < -0.3 is 15.4 Å². The van der Waals surface area contributed by atoms with Crippen molar-refractivity contribution in [2.45, 2.75) is 18.2 Å². The predicted octanol–water partition coefficient (Wildman–Crippen LogP) is 4.55. The summed E-state index contributed by atoms with van der Waals surface area (Å²) in [6.07, 6.45) is 0. The van der Waals surface area contributed by atoms with E-state index in [2.05, 4.69) is 20.8 Å². The third-order valence-electron chi connectivity index (χ3n) is 4.17. The molecule has 0 aliphatic rings. The summed E-state index contributed by atoms with van der Waals surface area (Å²) in [5, 5.41) is 25.7. The van der Waals surface area contributed by atoms with Crippen LogP contribution in [-0.4, -0.2) is 33.9 Å². The van der Waals surface area contributed by atoms with Crippen LogP contribution in [0.5, 0.6) is 5.75 Å². The molecule has 1 amide bonds. The zero-order chi connectivity index (χ0) is 21.7. The SMILES string of the molecule is COc1ccc(NC(=O)CSc2nnc(Nc3ccc(C)c(C)c3)s2)c([N+](=O)[O-])c1. The Balaban J connectivity index is 1.58. The molecule has 0 bridgehead atoms. The second-order valence-electron chi connectivity index (χ2n) is 6.27. The zero-order valence-corrected chi connectivity index (χ0v) is 18.1. The fourth-order valence-corrected chi connectivity index (χ4v) is 4.04. The van der Waals surface area contributed by atoms with E-state index in [1.807, 2.05) is 32.0 Å². The average molecular weight is 446 g/mol. The Morgan fingerprint density at radius 3 is 2.70 bits per heavy atom. The van der Waals surface area contributed by atoms with Gasteiger partial charge in [-0.2, -0.15) is 0 Å². The van der Waals surface area contributed by atoms with Crippen molar-refractivity contribution in [3.05, 3.63) is 57.6 Å². The lowest BCUT2D eigenvalue weighted by Crippen LogP contribution is -2.15. The van der Waals surface area contributed by atoms with E-state index in [9.17, 15) is 14.9 Å². The van der Waals surface area contributed by atoms with Crippen molar-refractivity contribution in [3.8, 4) is 5.75 Å². The van der Waals surface area contributed by atoms with E-state index in [1.54, 1.807) is 6.07 Å². The van der Waals surface area contributed by atoms with Crippen molar-refractivity contribution in [3.63, 3.8) is 0 Å². The van der Waals surface area contributed by atoms with Crippen molar-refractivity contribution < 1.29 is 14.5 Å². The first-order valence-corrected chi connectivity index (χ1v) is 10.6. The smallest absolute Gasteiger partial charge is 0.296 e. The van der Waals surface area contributed by atoms with Crippen LogP contribution in [0.2, 0.25) is 0 Å². The highest BCUT2D eigenvalue weighted by Crippen LogP contribution is 2.31. The molecular weight excluding hydrogens is 426 g/mol. The quantitative estimate of drug-likeness (QED) is 0.294. The second-order valence-corrected chi connectivity index (χ2v) is 8.47. The number of nitrogens with zero attached hydrogens (tertiary/aromatic N) is 3. The van der Waals surface area contributed by atoms with Crippen LogP contribution >= 0.6 is 23.1 Å². The lowest BCUT2D eigenvalue weighted by molar-refractivity contribution is -0.384. The van der Waals surface area contributed by atoms with Crippen molar-refractivity contribution in [1.82, 2.24) is 10.2 Å². The van der Waals surface area contributed by atoms with Gasteiger partial charge in [-0.25, -0.2) is 0 Å². The number of thioether (sulfide) groups is 1. The molecule has 1 aromatic heterocycles. The Bertz CT molecular complexity index is 1090. The minimum atomic E-state index is -0.569. The number of anilines is 3. The summed E-state index contributed by atoms with van der Waals surface area (Å²) in [5.41, 5.74) is 3.17. The Kier molecular flexibility index (Phi) is 6.85. The molecule has 2 aromatic carbocycles. The summed E-state index contributed by atoms with van der Waals surface area (Å²) in [6, 6.07) is 10.3. The van der Waals surface area contributed by atoms with Gasteiger partial charge in [0.15, 0.2) is 4.34 Å². The van der Waals surface area contributed by atoms with Gasteiger partial charge in [0.25, 0.3) is 5.69 Å². The van der Waals surface area contributed by atoms with Gasteiger partial charge in [-0.05, 0) is 49.2 Å². The van der Waals surface area contributed by atoms with Gasteiger partial charge in [0.1, 0.15) is 11.4 Å². The minimum Gasteiger partial charge on any atom is -0.496 e. The fourth-order valence-electron chi connectivity index (χ4n) is 2.47. The molecule has 3 aromatic rings. The molecule has 9 nitrogen and oxygen atoms in total. The number of amides is 1. The molecule has 0 radical (unpaired) electrons. The minimum absolute atomic E-state index is 0.0431. The normalized spacial score (nSPS) is 10.5. The highest BCUT2D eigenvalue weighted by molar-refractivity contribution is 8.01. The van der Waals surface area contributed by atoms with Crippen LogP contribution in [-0.2, 0) is 4.79 Å². The van der Waals surface area contributed by atoms with Crippen LogP contribution in [0.1, 0.15) is 11.1 Å². The van der Waals surface area contributed by atoms with E-state index in [0.29, 0.717) is 15.2 Å². The fraction of sp³-hybridized carbons (Fsp3) is 0.211. The number of aromatic nitrogens is 2. The van der Waals surface area contributed by atoms with Crippen molar-refractivity contribution in [1.29, 1.82) is 0 Å². The number of rotatable bonds is 8. The van der Waals surface area contributed by atoms with Crippen LogP contribution in [0.3, 0.4) is 0 Å². The Labute approximate surface area is 181 Å². The first-order chi connectivity index (χ1) is 14.4. The molecule has 11 heteroatoms. The molecule has 0 atom stereocenters. The van der Waals surface area contributed by atoms with Crippen LogP contribution in [0, 0.1) is 24.0 Å². The number of nitrogens with one attached hydrogen (secondary N) is 2. The van der Waals surface area contributed by atoms with Crippen molar-refractivity contribution in [2.24, 2.45) is 0 Å². The molecule has 156 valence electrons. The molecule has 2 N–H and O–H groups in total. The van der Waals surface area contributed by atoms with Crippen molar-refractivity contribution in [2.75, 3.05) is 23.5 Å². The number of ether oxygens (including phenoxy) is 1. The highest BCUT2D eigenvalue weighted by Gasteiger charge is 2.18. The van der Waals surface area contributed by atoms with Crippen LogP contribution < -0.4 is 15.4 Å². The number of nitro groups is 1. The van der Waals surface area contributed by atoms with Gasteiger partial charge in [0.05, 0.1) is 23.9 Å². The number of nitro benzene ring substituents is 1. The zero-order valence-electron chi connectivity index (χ0n) is 16.5. The molecule has 0 aliphatic carbocycles. The van der Waals surface area contributed by atoms with E-state index >= 15 is 0 Å². The third kappa shape index (κ3) is 5.45. The number of hydrogen-bond acceptors (Lipinski definition) is 9. The third-order valence-corrected chi connectivity index (χ3v) is 6.14. The molecule has 0 aliphatic heterocycles. The Morgan fingerprint density at radius 2 is 2.00 bits per heavy atom. The van der Waals surface area contributed by atoms with Gasteiger partial charge in [0.2, 0.25) is 11.0 Å². The molecule has 3 rings (SSSR count). The van der Waals surface area contributed by atoms with Crippen molar-refractivity contribution >= 4 is 51.2 Å². The Morgan fingerprint density at radius 1 is 1.20 bits per heavy atom.